The van der Waals surface area contributed by atoms with Crippen LogP contribution >= 0.6 is 0 Å². The Balaban J connectivity index is 1.60. The molecule has 0 bridgehead atoms. The Hall–Kier alpha value is -2.09. The van der Waals surface area contributed by atoms with Gasteiger partial charge >= 0.3 is 6.09 Å². The normalized spacial score (nSPS) is 23.6. The lowest BCUT2D eigenvalue weighted by atomic mass is 10.1. The fourth-order valence-electron chi connectivity index (χ4n) is 3.73. The summed E-state index contributed by atoms with van der Waals surface area (Å²) in [7, 11) is 0. The molecule has 2 saturated heterocycles. The topological polar surface area (TPSA) is 79.7 Å². The molecule has 0 aliphatic carbocycles. The third-order valence-corrected chi connectivity index (χ3v) is 4.99. The van der Waals surface area contributed by atoms with E-state index in [0.29, 0.717) is 32.1 Å². The molecule has 2 aliphatic heterocycles. The zero-order valence-electron chi connectivity index (χ0n) is 16.8. The molecule has 0 aromatic carbocycles. The van der Waals surface area contributed by atoms with Crippen molar-refractivity contribution in [2.45, 2.75) is 52.3 Å². The summed E-state index contributed by atoms with van der Waals surface area (Å²) >= 11 is 0. The molecule has 0 radical (unpaired) electrons. The van der Waals surface area contributed by atoms with Crippen molar-refractivity contribution in [3.8, 4) is 0 Å². The van der Waals surface area contributed by atoms with Crippen LogP contribution in [0.25, 0.3) is 0 Å². The number of hydrogen-bond donors (Lipinski definition) is 1. The average molecular weight is 377 g/mol. The van der Waals surface area contributed by atoms with Gasteiger partial charge in [0.25, 0.3) is 0 Å². The maximum atomic E-state index is 13.1. The summed E-state index contributed by atoms with van der Waals surface area (Å²) in [6, 6.07) is -0.497. The van der Waals surface area contributed by atoms with E-state index in [1.165, 1.54) is 0 Å². The van der Waals surface area contributed by atoms with Crippen LogP contribution in [0.5, 0.6) is 0 Å². The van der Waals surface area contributed by atoms with Crippen molar-refractivity contribution < 1.29 is 14.3 Å². The van der Waals surface area contributed by atoms with Gasteiger partial charge in [-0.15, -0.1) is 0 Å². The molecular weight excluding hydrogens is 346 g/mol. The molecule has 2 fully saturated rings. The van der Waals surface area contributed by atoms with Gasteiger partial charge in [-0.1, -0.05) is 0 Å². The van der Waals surface area contributed by atoms with E-state index in [1.54, 1.807) is 4.90 Å². The fourth-order valence-corrected chi connectivity index (χ4v) is 3.73. The van der Waals surface area contributed by atoms with E-state index in [4.69, 9.17) is 4.74 Å². The number of likely N-dealkylation sites (tertiary alicyclic amines) is 1. The number of amides is 2. The molecule has 1 N–H and O–H groups in total. The van der Waals surface area contributed by atoms with E-state index in [0.717, 1.165) is 25.2 Å². The second-order valence-corrected chi connectivity index (χ2v) is 8.54. The number of imidazole rings is 1. The third kappa shape index (κ3) is 5.00. The van der Waals surface area contributed by atoms with Gasteiger partial charge in [0.05, 0.1) is 12.0 Å². The first-order valence-electron chi connectivity index (χ1n) is 9.70. The van der Waals surface area contributed by atoms with Crippen LogP contribution in [0.1, 0.15) is 32.9 Å². The zero-order chi connectivity index (χ0) is 19.6. The van der Waals surface area contributed by atoms with E-state index < -0.39 is 17.7 Å². The standard InChI is InChI=1S/C19H31N5O3/c1-14-10-22(13-21-14)11-15-5-7-23(12-15)17(25)16-9-20-6-8-24(16)18(26)27-19(2,3)4/h10,13,15-16,20H,5-9,11-12H2,1-4H3/t15-,16-/m0/s1. The molecule has 2 atom stereocenters. The lowest BCUT2D eigenvalue weighted by Gasteiger charge is -2.37. The highest BCUT2D eigenvalue weighted by atomic mass is 16.6. The SMILES string of the molecule is Cc1cn(C[C@@H]2CCN(C(=O)[C@@H]3CNCCN3C(=O)OC(C)(C)C)C2)cn1. The maximum Gasteiger partial charge on any atom is 0.411 e. The lowest BCUT2D eigenvalue weighted by Crippen LogP contribution is -2.60. The van der Waals surface area contributed by atoms with Gasteiger partial charge in [0.1, 0.15) is 11.6 Å². The first-order chi connectivity index (χ1) is 12.7. The van der Waals surface area contributed by atoms with Gasteiger partial charge in [0, 0.05) is 45.5 Å². The first kappa shape index (κ1) is 19.7. The van der Waals surface area contributed by atoms with Gasteiger partial charge in [-0.2, -0.15) is 0 Å². The molecule has 8 nitrogen and oxygen atoms in total. The number of nitrogens with one attached hydrogen (secondary N) is 1. The van der Waals surface area contributed by atoms with Crippen molar-refractivity contribution in [1.29, 1.82) is 0 Å². The number of aromatic nitrogens is 2. The number of nitrogens with zero attached hydrogens (tertiary/aromatic N) is 4. The number of aryl methyl sites for hydroxylation is 1. The number of piperazine rings is 1. The third-order valence-electron chi connectivity index (χ3n) is 4.99. The summed E-state index contributed by atoms with van der Waals surface area (Å²) in [6.45, 7) is 11.4. The van der Waals surface area contributed by atoms with E-state index >= 15 is 0 Å². The van der Waals surface area contributed by atoms with Crippen molar-refractivity contribution >= 4 is 12.0 Å². The second kappa shape index (κ2) is 7.88. The summed E-state index contributed by atoms with van der Waals surface area (Å²) in [6.07, 6.45) is 4.43. The lowest BCUT2D eigenvalue weighted by molar-refractivity contribution is -0.136. The molecule has 1 aromatic rings. The van der Waals surface area contributed by atoms with Gasteiger partial charge < -0.3 is 19.5 Å². The Labute approximate surface area is 160 Å². The highest BCUT2D eigenvalue weighted by molar-refractivity contribution is 5.86. The Morgan fingerprint density at radius 1 is 1.33 bits per heavy atom. The van der Waals surface area contributed by atoms with Crippen LogP contribution in [0.15, 0.2) is 12.5 Å². The Morgan fingerprint density at radius 2 is 2.11 bits per heavy atom. The Bertz CT molecular complexity index is 681. The van der Waals surface area contributed by atoms with E-state index in [2.05, 4.69) is 14.9 Å². The molecule has 3 heterocycles. The van der Waals surface area contributed by atoms with E-state index in [9.17, 15) is 9.59 Å². The summed E-state index contributed by atoms with van der Waals surface area (Å²) < 4.78 is 7.59. The largest absolute Gasteiger partial charge is 0.444 e. The summed E-state index contributed by atoms with van der Waals surface area (Å²) in [5.74, 6) is 0.423. The molecule has 0 spiro atoms. The number of ether oxygens (including phenoxy) is 1. The molecule has 1 aromatic heterocycles. The van der Waals surface area contributed by atoms with Crippen LogP contribution in [-0.4, -0.2) is 75.7 Å². The summed E-state index contributed by atoms with van der Waals surface area (Å²) in [4.78, 5) is 33.4. The smallest absolute Gasteiger partial charge is 0.411 e. The fraction of sp³-hybridized carbons (Fsp3) is 0.737. The van der Waals surface area contributed by atoms with Gasteiger partial charge in [0.15, 0.2) is 0 Å². The monoisotopic (exact) mass is 377 g/mol. The summed E-state index contributed by atoms with van der Waals surface area (Å²) in [5.41, 5.74) is 0.430. The molecule has 2 aliphatic rings. The van der Waals surface area contributed by atoms with Crippen molar-refractivity contribution in [2.75, 3.05) is 32.7 Å². The predicted octanol–water partition coefficient (Wildman–Crippen LogP) is 1.25. The van der Waals surface area contributed by atoms with Gasteiger partial charge in [-0.25, -0.2) is 9.78 Å². The van der Waals surface area contributed by atoms with E-state index in [1.807, 2.05) is 45.1 Å². The summed E-state index contributed by atoms with van der Waals surface area (Å²) in [5, 5.41) is 3.23. The molecule has 27 heavy (non-hydrogen) atoms. The number of carbonyl (C=O) groups excluding carboxylic acids is 2. The molecule has 8 heteroatoms. The van der Waals surface area contributed by atoms with Crippen LogP contribution in [0.2, 0.25) is 0 Å². The minimum atomic E-state index is -0.572. The minimum absolute atomic E-state index is 0.0115. The molecule has 0 unspecified atom stereocenters. The predicted molar refractivity (Wildman–Crippen MR) is 101 cm³/mol. The zero-order valence-corrected chi connectivity index (χ0v) is 16.8. The van der Waals surface area contributed by atoms with E-state index in [-0.39, 0.29) is 5.91 Å². The Morgan fingerprint density at radius 3 is 2.78 bits per heavy atom. The van der Waals surface area contributed by atoms with Crippen LogP contribution in [0.4, 0.5) is 4.79 Å². The van der Waals surface area contributed by atoms with Crippen molar-refractivity contribution in [1.82, 2.24) is 24.7 Å². The first-order valence-corrected chi connectivity index (χ1v) is 9.70. The molecule has 2 amide bonds. The molecule has 0 saturated carbocycles. The van der Waals surface area contributed by atoms with Crippen molar-refractivity contribution in [3.05, 3.63) is 18.2 Å². The van der Waals surface area contributed by atoms with Gasteiger partial charge in [0.2, 0.25) is 5.91 Å². The van der Waals surface area contributed by atoms with Gasteiger partial charge in [-0.3, -0.25) is 9.69 Å². The molecule has 3 rings (SSSR count). The van der Waals surface area contributed by atoms with Crippen LogP contribution in [-0.2, 0) is 16.1 Å². The Kier molecular flexibility index (Phi) is 5.74. The maximum absolute atomic E-state index is 13.1. The number of hydrogen-bond acceptors (Lipinski definition) is 5. The number of carbonyl (C=O) groups is 2. The number of rotatable bonds is 3. The molecular formula is C19H31N5O3. The quantitative estimate of drug-likeness (QED) is 0.858. The minimum Gasteiger partial charge on any atom is -0.444 e. The van der Waals surface area contributed by atoms with Crippen molar-refractivity contribution in [2.24, 2.45) is 5.92 Å². The highest BCUT2D eigenvalue weighted by Crippen LogP contribution is 2.21. The average Bonchev–Trinajstić information content (AvgIpc) is 3.22. The van der Waals surface area contributed by atoms with Crippen LogP contribution < -0.4 is 5.32 Å². The van der Waals surface area contributed by atoms with Gasteiger partial charge in [-0.05, 0) is 40.0 Å². The van der Waals surface area contributed by atoms with Crippen LogP contribution in [0.3, 0.4) is 0 Å². The second-order valence-electron chi connectivity index (χ2n) is 8.54. The van der Waals surface area contributed by atoms with Crippen LogP contribution in [0, 0.1) is 12.8 Å². The highest BCUT2D eigenvalue weighted by Gasteiger charge is 2.39. The molecule has 150 valence electrons. The van der Waals surface area contributed by atoms with Crippen molar-refractivity contribution in [3.63, 3.8) is 0 Å².